The lowest BCUT2D eigenvalue weighted by atomic mass is 10.1. The molecule has 1 N–H and O–H groups in total. The normalized spacial score (nSPS) is 10.7. The second kappa shape index (κ2) is 4.23. The zero-order valence-corrected chi connectivity index (χ0v) is 10.3. The molecule has 6 heteroatoms. The third kappa shape index (κ3) is 1.86. The fraction of sp³-hybridized carbons (Fsp3) is 0.0833. The highest BCUT2D eigenvalue weighted by molar-refractivity contribution is 7.13. The van der Waals surface area contributed by atoms with E-state index in [0.29, 0.717) is 11.7 Å². The molecule has 0 unspecified atom stereocenters. The molecular weight excluding hydrogens is 250 g/mol. The van der Waals surface area contributed by atoms with Gasteiger partial charge in [0.15, 0.2) is 0 Å². The molecule has 0 spiro atoms. The molecule has 0 amide bonds. The predicted molar refractivity (Wildman–Crippen MR) is 67.2 cm³/mol. The number of nitrogens with zero attached hydrogens (tertiary/aromatic N) is 3. The van der Waals surface area contributed by atoms with Crippen molar-refractivity contribution in [1.29, 1.82) is 0 Å². The fourth-order valence-electron chi connectivity index (χ4n) is 1.56. The Morgan fingerprint density at radius 1 is 1.33 bits per heavy atom. The first kappa shape index (κ1) is 10.9. The Morgan fingerprint density at radius 3 is 2.94 bits per heavy atom. The van der Waals surface area contributed by atoms with E-state index in [1.807, 2.05) is 6.92 Å². The minimum absolute atomic E-state index is 0.251. The van der Waals surface area contributed by atoms with Gasteiger partial charge in [-0.05, 0) is 30.7 Å². The molecule has 1 aromatic carbocycles. The number of benzene rings is 1. The molecule has 90 valence electrons. The summed E-state index contributed by atoms with van der Waals surface area (Å²) in [5.74, 6) is 1.21. The van der Waals surface area contributed by atoms with Crippen LogP contribution in [0.2, 0.25) is 0 Å². The Kier molecular flexibility index (Phi) is 2.56. The van der Waals surface area contributed by atoms with E-state index in [2.05, 4.69) is 15.1 Å². The first-order valence-corrected chi connectivity index (χ1v) is 6.14. The number of rotatable bonds is 2. The van der Waals surface area contributed by atoms with Crippen LogP contribution in [0, 0.1) is 6.92 Å². The molecule has 0 aliphatic rings. The topological polar surface area (TPSA) is 72.0 Å². The van der Waals surface area contributed by atoms with E-state index in [1.54, 1.807) is 29.9 Å². The number of aryl methyl sites for hydroxylation is 1. The molecule has 0 bridgehead atoms. The standard InChI is InChI=1S/C12H9N3O2S/c1-7-4-8(2-3-9(7)16)12-14-11(15-17-12)10-5-13-6-18-10/h2-6,16H,1H3. The van der Waals surface area contributed by atoms with Gasteiger partial charge in [-0.2, -0.15) is 4.98 Å². The van der Waals surface area contributed by atoms with Crippen molar-refractivity contribution < 1.29 is 9.63 Å². The summed E-state index contributed by atoms with van der Waals surface area (Å²) in [6.07, 6.45) is 1.70. The first-order chi connectivity index (χ1) is 8.74. The van der Waals surface area contributed by atoms with Crippen molar-refractivity contribution in [1.82, 2.24) is 15.1 Å². The summed E-state index contributed by atoms with van der Waals surface area (Å²) in [5.41, 5.74) is 3.27. The molecule has 2 heterocycles. The zero-order chi connectivity index (χ0) is 12.5. The zero-order valence-electron chi connectivity index (χ0n) is 9.49. The van der Waals surface area contributed by atoms with Gasteiger partial charge in [-0.3, -0.25) is 4.98 Å². The van der Waals surface area contributed by atoms with Crippen LogP contribution < -0.4 is 0 Å². The minimum Gasteiger partial charge on any atom is -0.508 e. The van der Waals surface area contributed by atoms with Crippen LogP contribution in [0.4, 0.5) is 0 Å². The van der Waals surface area contributed by atoms with E-state index in [9.17, 15) is 5.11 Å². The average Bonchev–Trinajstić information content (AvgIpc) is 3.01. The Morgan fingerprint density at radius 2 is 2.22 bits per heavy atom. The SMILES string of the molecule is Cc1cc(-c2nc(-c3cncs3)no2)ccc1O. The number of hydrogen-bond donors (Lipinski definition) is 1. The highest BCUT2D eigenvalue weighted by Crippen LogP contribution is 2.27. The maximum atomic E-state index is 9.47. The van der Waals surface area contributed by atoms with Gasteiger partial charge < -0.3 is 9.63 Å². The molecule has 0 fully saturated rings. The molecule has 2 aromatic heterocycles. The van der Waals surface area contributed by atoms with Crippen LogP contribution in [0.25, 0.3) is 22.2 Å². The van der Waals surface area contributed by atoms with Crippen molar-refractivity contribution in [3.8, 4) is 27.9 Å². The van der Waals surface area contributed by atoms with Crippen molar-refractivity contribution in [2.75, 3.05) is 0 Å². The van der Waals surface area contributed by atoms with Gasteiger partial charge in [0.25, 0.3) is 5.89 Å². The fourth-order valence-corrected chi connectivity index (χ4v) is 2.10. The first-order valence-electron chi connectivity index (χ1n) is 5.26. The van der Waals surface area contributed by atoms with Crippen LogP contribution in [-0.2, 0) is 0 Å². The van der Waals surface area contributed by atoms with Gasteiger partial charge in [-0.1, -0.05) is 5.16 Å². The smallest absolute Gasteiger partial charge is 0.258 e. The highest BCUT2D eigenvalue weighted by Gasteiger charge is 2.12. The summed E-state index contributed by atoms with van der Waals surface area (Å²) in [5, 5.41) is 13.4. The highest BCUT2D eigenvalue weighted by atomic mass is 32.1. The summed E-state index contributed by atoms with van der Waals surface area (Å²) in [6.45, 7) is 1.82. The summed E-state index contributed by atoms with van der Waals surface area (Å²) >= 11 is 1.45. The van der Waals surface area contributed by atoms with E-state index in [1.165, 1.54) is 11.3 Å². The van der Waals surface area contributed by atoms with Gasteiger partial charge in [0, 0.05) is 11.8 Å². The summed E-state index contributed by atoms with van der Waals surface area (Å²) in [4.78, 5) is 9.14. The van der Waals surface area contributed by atoms with E-state index in [4.69, 9.17) is 4.52 Å². The molecule has 0 atom stereocenters. The maximum Gasteiger partial charge on any atom is 0.258 e. The largest absolute Gasteiger partial charge is 0.508 e. The number of aromatic hydroxyl groups is 1. The van der Waals surface area contributed by atoms with Crippen LogP contribution in [0.3, 0.4) is 0 Å². The van der Waals surface area contributed by atoms with Gasteiger partial charge in [0.05, 0.1) is 10.4 Å². The van der Waals surface area contributed by atoms with Crippen molar-refractivity contribution in [2.45, 2.75) is 6.92 Å². The molecule has 0 saturated heterocycles. The monoisotopic (exact) mass is 259 g/mol. The third-order valence-electron chi connectivity index (χ3n) is 2.52. The van der Waals surface area contributed by atoms with Gasteiger partial charge >= 0.3 is 0 Å². The molecular formula is C12H9N3O2S. The van der Waals surface area contributed by atoms with Crippen molar-refractivity contribution in [2.24, 2.45) is 0 Å². The lowest BCUT2D eigenvalue weighted by molar-refractivity contribution is 0.432. The van der Waals surface area contributed by atoms with Crippen molar-refractivity contribution in [3.05, 3.63) is 35.5 Å². The Hall–Kier alpha value is -2.21. The number of hydrogen-bond acceptors (Lipinski definition) is 6. The summed E-state index contributed by atoms with van der Waals surface area (Å²) in [7, 11) is 0. The van der Waals surface area contributed by atoms with Crippen LogP contribution >= 0.6 is 11.3 Å². The Bertz CT molecular complexity index is 676. The maximum absolute atomic E-state index is 9.47. The van der Waals surface area contributed by atoms with Crippen molar-refractivity contribution >= 4 is 11.3 Å². The van der Waals surface area contributed by atoms with Gasteiger partial charge in [-0.15, -0.1) is 11.3 Å². The van der Waals surface area contributed by atoms with E-state index < -0.39 is 0 Å². The number of aromatic nitrogens is 3. The summed E-state index contributed by atoms with van der Waals surface area (Å²) < 4.78 is 5.21. The molecule has 3 aromatic rings. The Labute approximate surface area is 107 Å². The molecule has 0 aliphatic heterocycles. The van der Waals surface area contributed by atoms with Crippen LogP contribution in [0.1, 0.15) is 5.56 Å². The minimum atomic E-state index is 0.251. The van der Waals surface area contributed by atoms with E-state index in [0.717, 1.165) is 16.0 Å². The number of phenols is 1. The molecule has 0 radical (unpaired) electrons. The molecule has 5 nitrogen and oxygen atoms in total. The molecule has 0 aliphatic carbocycles. The van der Waals surface area contributed by atoms with Crippen LogP contribution in [0.15, 0.2) is 34.4 Å². The number of phenolic OH excluding ortho intramolecular Hbond substituents is 1. The summed E-state index contributed by atoms with van der Waals surface area (Å²) in [6, 6.07) is 5.16. The lowest BCUT2D eigenvalue weighted by Gasteiger charge is -1.99. The van der Waals surface area contributed by atoms with Crippen LogP contribution in [-0.4, -0.2) is 20.2 Å². The van der Waals surface area contributed by atoms with Crippen LogP contribution in [0.5, 0.6) is 5.75 Å². The van der Waals surface area contributed by atoms with Gasteiger partial charge in [-0.25, -0.2) is 0 Å². The average molecular weight is 259 g/mol. The van der Waals surface area contributed by atoms with E-state index in [-0.39, 0.29) is 5.75 Å². The Balaban J connectivity index is 2.00. The van der Waals surface area contributed by atoms with Gasteiger partial charge in [0.1, 0.15) is 5.75 Å². The second-order valence-corrected chi connectivity index (χ2v) is 4.68. The molecule has 3 rings (SSSR count). The quantitative estimate of drug-likeness (QED) is 0.766. The lowest BCUT2D eigenvalue weighted by Crippen LogP contribution is -1.81. The van der Waals surface area contributed by atoms with E-state index >= 15 is 0 Å². The predicted octanol–water partition coefficient (Wildman–Crippen LogP) is 2.87. The van der Waals surface area contributed by atoms with Gasteiger partial charge in [0.2, 0.25) is 5.82 Å². The third-order valence-corrected chi connectivity index (χ3v) is 3.29. The molecule has 0 saturated carbocycles. The second-order valence-electron chi connectivity index (χ2n) is 3.79. The molecule has 18 heavy (non-hydrogen) atoms. The van der Waals surface area contributed by atoms with Crippen molar-refractivity contribution in [3.63, 3.8) is 0 Å². The number of thiazole rings is 1.